The number of carbonyl (C=O) groups excluding carboxylic acids is 1. The van der Waals surface area contributed by atoms with Gasteiger partial charge in [-0.2, -0.15) is 0 Å². The van der Waals surface area contributed by atoms with Crippen LogP contribution in [0.2, 0.25) is 0 Å². The third-order valence-electron chi connectivity index (χ3n) is 5.39. The number of ether oxygens (including phenoxy) is 1. The van der Waals surface area contributed by atoms with Crippen molar-refractivity contribution >= 4 is 12.0 Å². The van der Waals surface area contributed by atoms with Crippen molar-refractivity contribution in [2.75, 3.05) is 27.7 Å². The van der Waals surface area contributed by atoms with Crippen LogP contribution in [0.5, 0.6) is 0 Å². The molecule has 0 aliphatic heterocycles. The van der Waals surface area contributed by atoms with Crippen LogP contribution in [-0.2, 0) is 4.74 Å². The monoisotopic (exact) mass is 363 g/mol. The Morgan fingerprint density at radius 3 is 2.63 bits per heavy atom. The number of methoxy groups -OCH3 is 1. The summed E-state index contributed by atoms with van der Waals surface area (Å²) in [5, 5.41) is 0. The number of benzene rings is 2. The number of hydrogen-bond acceptors (Lipinski definition) is 3. The van der Waals surface area contributed by atoms with Crippen LogP contribution >= 0.6 is 0 Å². The maximum absolute atomic E-state index is 11.8. The fraction of sp³-hybridized carbons (Fsp3) is 0.375. The van der Waals surface area contributed by atoms with Gasteiger partial charge in [-0.25, -0.2) is 4.79 Å². The molecule has 0 amide bonds. The molecule has 142 valence electrons. The normalized spacial score (nSPS) is 21.4. The van der Waals surface area contributed by atoms with Gasteiger partial charge in [0, 0.05) is 6.54 Å². The van der Waals surface area contributed by atoms with Crippen molar-refractivity contribution in [3.63, 3.8) is 0 Å². The summed E-state index contributed by atoms with van der Waals surface area (Å²) >= 11 is 0. The van der Waals surface area contributed by atoms with Gasteiger partial charge in [0.05, 0.1) is 12.7 Å². The number of hydrogen-bond donors (Lipinski definition) is 0. The van der Waals surface area contributed by atoms with Crippen LogP contribution in [0.1, 0.15) is 46.7 Å². The standard InChI is InChI=1S/C24H29NO2/c1-25(2)17-22-13-12-19(16-23(22)20-9-5-4-6-10-20)14-18-8-7-11-21(15-18)24(26)27-3/h4-11,14-15,22-23H,12-13,16-17H2,1-3H3/t22-,23-/m1/s1. The second-order valence-electron chi connectivity index (χ2n) is 7.70. The summed E-state index contributed by atoms with van der Waals surface area (Å²) in [6.45, 7) is 1.12. The fourth-order valence-electron chi connectivity index (χ4n) is 4.14. The number of allylic oxidation sites excluding steroid dienone is 1. The van der Waals surface area contributed by atoms with E-state index in [0.29, 0.717) is 17.4 Å². The highest BCUT2D eigenvalue weighted by Gasteiger charge is 2.29. The van der Waals surface area contributed by atoms with Crippen molar-refractivity contribution in [3.8, 4) is 0 Å². The molecule has 2 atom stereocenters. The quantitative estimate of drug-likeness (QED) is 0.700. The molecule has 27 heavy (non-hydrogen) atoms. The summed E-state index contributed by atoms with van der Waals surface area (Å²) in [6.07, 6.45) is 5.64. The van der Waals surface area contributed by atoms with Crippen molar-refractivity contribution in [1.82, 2.24) is 4.90 Å². The van der Waals surface area contributed by atoms with E-state index < -0.39 is 0 Å². The number of nitrogens with zero attached hydrogens (tertiary/aromatic N) is 1. The fourth-order valence-corrected chi connectivity index (χ4v) is 4.14. The minimum absolute atomic E-state index is 0.285. The van der Waals surface area contributed by atoms with Gasteiger partial charge in [0.2, 0.25) is 0 Å². The Bertz CT molecular complexity index is 795. The van der Waals surface area contributed by atoms with Gasteiger partial charge >= 0.3 is 5.97 Å². The van der Waals surface area contributed by atoms with E-state index in [2.05, 4.69) is 61.5 Å². The lowest BCUT2D eigenvalue weighted by Crippen LogP contribution is -2.29. The lowest BCUT2D eigenvalue weighted by atomic mass is 9.73. The molecule has 0 spiro atoms. The Hall–Kier alpha value is -2.39. The van der Waals surface area contributed by atoms with E-state index in [1.807, 2.05) is 12.1 Å². The third kappa shape index (κ3) is 5.08. The molecule has 1 aliphatic carbocycles. The highest BCUT2D eigenvalue weighted by Crippen LogP contribution is 2.41. The van der Waals surface area contributed by atoms with E-state index in [-0.39, 0.29) is 5.97 Å². The first-order valence-electron chi connectivity index (χ1n) is 9.64. The first-order chi connectivity index (χ1) is 13.1. The van der Waals surface area contributed by atoms with Crippen LogP contribution in [-0.4, -0.2) is 38.6 Å². The zero-order valence-electron chi connectivity index (χ0n) is 16.5. The minimum Gasteiger partial charge on any atom is -0.465 e. The van der Waals surface area contributed by atoms with E-state index in [4.69, 9.17) is 4.74 Å². The third-order valence-corrected chi connectivity index (χ3v) is 5.39. The number of carbonyl (C=O) groups is 1. The topological polar surface area (TPSA) is 29.5 Å². The highest BCUT2D eigenvalue weighted by molar-refractivity contribution is 5.90. The Balaban J connectivity index is 1.84. The SMILES string of the molecule is COC(=O)c1cccc(C=C2CC[C@H](CN(C)C)[C@@H](c3ccccc3)C2)c1. The average Bonchev–Trinajstić information content (AvgIpc) is 2.69. The minimum atomic E-state index is -0.285. The van der Waals surface area contributed by atoms with Gasteiger partial charge in [0.15, 0.2) is 0 Å². The van der Waals surface area contributed by atoms with Crippen LogP contribution < -0.4 is 0 Å². The Morgan fingerprint density at radius 1 is 1.15 bits per heavy atom. The summed E-state index contributed by atoms with van der Waals surface area (Å²) in [5.41, 5.74) is 4.57. The second kappa shape index (κ2) is 9.01. The van der Waals surface area contributed by atoms with Crippen molar-refractivity contribution in [3.05, 3.63) is 76.9 Å². The lowest BCUT2D eigenvalue weighted by Gasteiger charge is -2.35. The molecule has 1 saturated carbocycles. The molecule has 3 nitrogen and oxygen atoms in total. The summed E-state index contributed by atoms with van der Waals surface area (Å²) in [7, 11) is 5.74. The molecule has 3 rings (SSSR count). The summed E-state index contributed by atoms with van der Waals surface area (Å²) in [4.78, 5) is 14.1. The predicted molar refractivity (Wildman–Crippen MR) is 111 cm³/mol. The zero-order chi connectivity index (χ0) is 19.2. The second-order valence-corrected chi connectivity index (χ2v) is 7.70. The molecule has 0 unspecified atom stereocenters. The largest absolute Gasteiger partial charge is 0.465 e. The first kappa shape index (κ1) is 19.4. The maximum atomic E-state index is 11.8. The molecule has 0 saturated heterocycles. The molecular formula is C24H29NO2. The van der Waals surface area contributed by atoms with Crippen molar-refractivity contribution < 1.29 is 9.53 Å². The zero-order valence-corrected chi connectivity index (χ0v) is 16.5. The summed E-state index contributed by atoms with van der Waals surface area (Å²) in [6, 6.07) is 18.6. The van der Waals surface area contributed by atoms with Crippen molar-refractivity contribution in [2.45, 2.75) is 25.2 Å². The van der Waals surface area contributed by atoms with Crippen LogP contribution in [0.25, 0.3) is 6.08 Å². The molecule has 1 aliphatic rings. The molecule has 0 aromatic heterocycles. The van der Waals surface area contributed by atoms with Gasteiger partial charge in [0.1, 0.15) is 0 Å². The van der Waals surface area contributed by atoms with Crippen LogP contribution in [0, 0.1) is 5.92 Å². The Kier molecular flexibility index (Phi) is 6.46. The van der Waals surface area contributed by atoms with E-state index >= 15 is 0 Å². The van der Waals surface area contributed by atoms with E-state index in [1.165, 1.54) is 24.7 Å². The average molecular weight is 364 g/mol. The molecule has 2 aromatic rings. The number of rotatable bonds is 5. The number of esters is 1. The van der Waals surface area contributed by atoms with Gasteiger partial charge < -0.3 is 9.64 Å². The molecular weight excluding hydrogens is 334 g/mol. The van der Waals surface area contributed by atoms with Gasteiger partial charge in [0.25, 0.3) is 0 Å². The summed E-state index contributed by atoms with van der Waals surface area (Å²) in [5.74, 6) is 0.922. The first-order valence-corrected chi connectivity index (χ1v) is 9.64. The van der Waals surface area contributed by atoms with E-state index in [0.717, 1.165) is 24.9 Å². The lowest BCUT2D eigenvalue weighted by molar-refractivity contribution is 0.0600. The molecule has 0 bridgehead atoms. The van der Waals surface area contributed by atoms with Gasteiger partial charge in [-0.1, -0.05) is 54.1 Å². The van der Waals surface area contributed by atoms with Crippen LogP contribution in [0.4, 0.5) is 0 Å². The van der Waals surface area contributed by atoms with Gasteiger partial charge in [-0.15, -0.1) is 0 Å². The van der Waals surface area contributed by atoms with Crippen LogP contribution in [0.15, 0.2) is 60.2 Å². The Labute approximate surface area is 162 Å². The smallest absolute Gasteiger partial charge is 0.337 e. The predicted octanol–water partition coefficient (Wildman–Crippen LogP) is 5.00. The van der Waals surface area contributed by atoms with E-state index in [1.54, 1.807) is 6.07 Å². The molecule has 3 heteroatoms. The Morgan fingerprint density at radius 2 is 1.93 bits per heavy atom. The van der Waals surface area contributed by atoms with Crippen LogP contribution in [0.3, 0.4) is 0 Å². The molecule has 0 radical (unpaired) electrons. The molecule has 0 heterocycles. The summed E-state index contributed by atoms with van der Waals surface area (Å²) < 4.78 is 4.84. The van der Waals surface area contributed by atoms with Crippen molar-refractivity contribution in [1.29, 1.82) is 0 Å². The molecule has 2 aromatic carbocycles. The van der Waals surface area contributed by atoms with Crippen molar-refractivity contribution in [2.24, 2.45) is 5.92 Å². The van der Waals surface area contributed by atoms with E-state index in [9.17, 15) is 4.79 Å². The molecule has 0 N–H and O–H groups in total. The van der Waals surface area contributed by atoms with Gasteiger partial charge in [-0.05, 0) is 68.5 Å². The molecule has 1 fully saturated rings. The van der Waals surface area contributed by atoms with Gasteiger partial charge in [-0.3, -0.25) is 0 Å². The maximum Gasteiger partial charge on any atom is 0.337 e. The highest BCUT2D eigenvalue weighted by atomic mass is 16.5.